The van der Waals surface area contributed by atoms with Gasteiger partial charge in [-0.3, -0.25) is 5.10 Å². The molecule has 0 aliphatic heterocycles. The fourth-order valence-corrected chi connectivity index (χ4v) is 3.04. The van der Waals surface area contributed by atoms with Crippen molar-refractivity contribution >= 4 is 22.5 Å². The van der Waals surface area contributed by atoms with E-state index >= 15 is 0 Å². The van der Waals surface area contributed by atoms with Crippen LogP contribution in [0.4, 0.5) is 11.6 Å². The van der Waals surface area contributed by atoms with Crippen LogP contribution in [0.2, 0.25) is 0 Å². The molecule has 5 aromatic rings. The number of H-pyrrole nitrogens is 1. The van der Waals surface area contributed by atoms with Crippen LogP contribution in [0.25, 0.3) is 27.8 Å². The van der Waals surface area contributed by atoms with Crippen molar-refractivity contribution in [3.05, 3.63) is 73.1 Å². The van der Waals surface area contributed by atoms with Crippen LogP contribution >= 0.6 is 0 Å². The molecular formula is C20H16N8. The van der Waals surface area contributed by atoms with Crippen molar-refractivity contribution in [3.63, 3.8) is 0 Å². The summed E-state index contributed by atoms with van der Waals surface area (Å²) in [4.78, 5) is 13.3. The van der Waals surface area contributed by atoms with E-state index in [1.54, 1.807) is 17.2 Å². The molecule has 3 aromatic heterocycles. The van der Waals surface area contributed by atoms with Crippen molar-refractivity contribution in [1.29, 1.82) is 0 Å². The fourth-order valence-electron chi connectivity index (χ4n) is 3.04. The van der Waals surface area contributed by atoms with Crippen LogP contribution in [-0.2, 0) is 0 Å². The highest BCUT2D eigenvalue weighted by molar-refractivity contribution is 5.92. The quantitative estimate of drug-likeness (QED) is 0.502. The van der Waals surface area contributed by atoms with Gasteiger partial charge in [-0.2, -0.15) is 10.2 Å². The lowest BCUT2D eigenvalue weighted by Crippen LogP contribution is -1.99. The molecule has 0 bridgehead atoms. The molecule has 0 unspecified atom stereocenters. The van der Waals surface area contributed by atoms with Gasteiger partial charge in [-0.25, -0.2) is 19.6 Å². The molecule has 0 amide bonds. The van der Waals surface area contributed by atoms with E-state index in [9.17, 15) is 0 Å². The molecule has 2 N–H and O–H groups in total. The fraction of sp³-hybridized carbons (Fsp3) is 0.0500. The molecular weight excluding hydrogens is 352 g/mol. The van der Waals surface area contributed by atoms with Crippen LogP contribution in [0.1, 0.15) is 5.82 Å². The zero-order valence-electron chi connectivity index (χ0n) is 15.0. The van der Waals surface area contributed by atoms with Crippen molar-refractivity contribution < 1.29 is 0 Å². The highest BCUT2D eigenvalue weighted by Crippen LogP contribution is 2.26. The number of aromatic nitrogens is 7. The van der Waals surface area contributed by atoms with Gasteiger partial charge in [0.1, 0.15) is 12.2 Å². The first-order chi connectivity index (χ1) is 13.8. The minimum Gasteiger partial charge on any atom is -0.324 e. The SMILES string of the molecule is Cc1ncn(-c2ccc(Nc3ncc4cccc(-c5ccn[nH]5)c4n3)cc2)n1. The van der Waals surface area contributed by atoms with E-state index in [1.165, 1.54) is 0 Å². The van der Waals surface area contributed by atoms with Gasteiger partial charge in [0.25, 0.3) is 0 Å². The highest BCUT2D eigenvalue weighted by atomic mass is 15.3. The number of aromatic amines is 1. The lowest BCUT2D eigenvalue weighted by atomic mass is 10.1. The monoisotopic (exact) mass is 368 g/mol. The number of fused-ring (bicyclic) bond motifs is 1. The molecule has 2 aromatic carbocycles. The van der Waals surface area contributed by atoms with Gasteiger partial charge < -0.3 is 5.32 Å². The number of nitrogens with one attached hydrogen (secondary N) is 2. The number of hydrogen-bond donors (Lipinski definition) is 2. The molecule has 8 heteroatoms. The maximum atomic E-state index is 4.71. The highest BCUT2D eigenvalue weighted by Gasteiger charge is 2.08. The summed E-state index contributed by atoms with van der Waals surface area (Å²) in [6.07, 6.45) is 5.24. The van der Waals surface area contributed by atoms with E-state index < -0.39 is 0 Å². The number of hydrogen-bond acceptors (Lipinski definition) is 6. The number of para-hydroxylation sites is 1. The second-order valence-corrected chi connectivity index (χ2v) is 6.32. The third kappa shape index (κ3) is 2.96. The summed E-state index contributed by atoms with van der Waals surface area (Å²) in [5.41, 5.74) is 4.59. The Morgan fingerprint density at radius 1 is 1.00 bits per heavy atom. The number of aryl methyl sites for hydroxylation is 1. The summed E-state index contributed by atoms with van der Waals surface area (Å²) in [7, 11) is 0. The Kier molecular flexibility index (Phi) is 3.79. The molecule has 0 aliphatic carbocycles. The molecule has 0 fully saturated rings. The van der Waals surface area contributed by atoms with Gasteiger partial charge in [0.05, 0.1) is 16.9 Å². The lowest BCUT2D eigenvalue weighted by Gasteiger charge is -2.09. The largest absolute Gasteiger partial charge is 0.324 e. The second-order valence-electron chi connectivity index (χ2n) is 6.32. The Bertz CT molecular complexity index is 1240. The van der Waals surface area contributed by atoms with Gasteiger partial charge in [0, 0.05) is 29.0 Å². The van der Waals surface area contributed by atoms with Crippen LogP contribution in [0.5, 0.6) is 0 Å². The third-order valence-electron chi connectivity index (χ3n) is 4.40. The molecule has 8 nitrogen and oxygen atoms in total. The Morgan fingerprint density at radius 3 is 2.64 bits per heavy atom. The minimum atomic E-state index is 0.531. The summed E-state index contributed by atoms with van der Waals surface area (Å²) in [5, 5.41) is 15.6. The average Bonchev–Trinajstić information content (AvgIpc) is 3.40. The first kappa shape index (κ1) is 16.1. The number of nitrogens with zero attached hydrogens (tertiary/aromatic N) is 6. The van der Waals surface area contributed by atoms with E-state index in [-0.39, 0.29) is 0 Å². The summed E-state index contributed by atoms with van der Waals surface area (Å²) in [5.74, 6) is 1.27. The summed E-state index contributed by atoms with van der Waals surface area (Å²) >= 11 is 0. The van der Waals surface area contributed by atoms with Crippen LogP contribution < -0.4 is 5.32 Å². The number of rotatable bonds is 4. The van der Waals surface area contributed by atoms with Gasteiger partial charge in [-0.05, 0) is 37.3 Å². The van der Waals surface area contributed by atoms with E-state index in [0.717, 1.165) is 39.4 Å². The van der Waals surface area contributed by atoms with Crippen molar-refractivity contribution in [3.8, 4) is 16.9 Å². The summed E-state index contributed by atoms with van der Waals surface area (Å²) < 4.78 is 1.74. The van der Waals surface area contributed by atoms with Crippen LogP contribution in [0, 0.1) is 6.92 Å². The van der Waals surface area contributed by atoms with Crippen molar-refractivity contribution in [2.75, 3.05) is 5.32 Å². The molecule has 0 atom stereocenters. The number of anilines is 2. The molecule has 0 saturated carbocycles. The van der Waals surface area contributed by atoms with Crippen molar-refractivity contribution in [2.45, 2.75) is 6.92 Å². The van der Waals surface area contributed by atoms with Crippen LogP contribution in [0.3, 0.4) is 0 Å². The van der Waals surface area contributed by atoms with Crippen molar-refractivity contribution in [1.82, 2.24) is 34.9 Å². The summed E-state index contributed by atoms with van der Waals surface area (Å²) in [6, 6.07) is 15.8. The van der Waals surface area contributed by atoms with E-state index in [0.29, 0.717) is 5.95 Å². The Labute approximate surface area is 160 Å². The number of benzene rings is 2. The minimum absolute atomic E-state index is 0.531. The normalized spacial score (nSPS) is 11.0. The maximum absolute atomic E-state index is 4.71. The molecule has 5 rings (SSSR count). The first-order valence-corrected chi connectivity index (χ1v) is 8.77. The smallest absolute Gasteiger partial charge is 0.227 e. The maximum Gasteiger partial charge on any atom is 0.227 e. The molecule has 136 valence electrons. The van der Waals surface area contributed by atoms with Gasteiger partial charge in [0.2, 0.25) is 5.95 Å². The van der Waals surface area contributed by atoms with Crippen molar-refractivity contribution in [2.24, 2.45) is 0 Å². The molecule has 0 aliphatic rings. The third-order valence-corrected chi connectivity index (χ3v) is 4.40. The predicted molar refractivity (Wildman–Crippen MR) is 106 cm³/mol. The van der Waals surface area contributed by atoms with Gasteiger partial charge in [0.15, 0.2) is 0 Å². The van der Waals surface area contributed by atoms with Gasteiger partial charge >= 0.3 is 0 Å². The lowest BCUT2D eigenvalue weighted by molar-refractivity contribution is 0.863. The Balaban J connectivity index is 1.46. The zero-order valence-corrected chi connectivity index (χ0v) is 15.0. The molecule has 0 radical (unpaired) electrons. The molecule has 0 spiro atoms. The second kappa shape index (κ2) is 6.58. The van der Waals surface area contributed by atoms with E-state index in [2.05, 4.69) is 30.6 Å². The Morgan fingerprint density at radius 2 is 1.89 bits per heavy atom. The topological polar surface area (TPSA) is 97.2 Å². The van der Waals surface area contributed by atoms with E-state index in [1.807, 2.05) is 61.7 Å². The van der Waals surface area contributed by atoms with Crippen LogP contribution in [0.15, 0.2) is 67.3 Å². The standard InChI is InChI=1S/C20H16N8/c1-13-22-12-28(27-13)16-7-5-15(6-8-16)24-20-21-11-14-3-2-4-17(19(14)25-20)18-9-10-23-26-18/h2-12H,1H3,(H,23,26)(H,21,24,25). The molecule has 28 heavy (non-hydrogen) atoms. The van der Waals surface area contributed by atoms with Crippen LogP contribution in [-0.4, -0.2) is 34.9 Å². The molecule has 3 heterocycles. The molecule has 0 saturated heterocycles. The van der Waals surface area contributed by atoms with Gasteiger partial charge in [-0.1, -0.05) is 18.2 Å². The average molecular weight is 368 g/mol. The Hall–Kier alpha value is -4.07. The summed E-state index contributed by atoms with van der Waals surface area (Å²) in [6.45, 7) is 1.86. The zero-order chi connectivity index (χ0) is 18.9. The van der Waals surface area contributed by atoms with E-state index in [4.69, 9.17) is 4.98 Å². The first-order valence-electron chi connectivity index (χ1n) is 8.77. The predicted octanol–water partition coefficient (Wildman–Crippen LogP) is 3.65. The van der Waals surface area contributed by atoms with Gasteiger partial charge in [-0.15, -0.1) is 0 Å².